The van der Waals surface area contributed by atoms with Crippen LogP contribution in [0.2, 0.25) is 0 Å². The van der Waals surface area contributed by atoms with Crippen molar-refractivity contribution in [2.24, 2.45) is 5.92 Å². The van der Waals surface area contributed by atoms with Gasteiger partial charge in [-0.2, -0.15) is 0 Å². The highest BCUT2D eigenvalue weighted by molar-refractivity contribution is 7.71. The van der Waals surface area contributed by atoms with E-state index in [0.717, 1.165) is 17.1 Å². The van der Waals surface area contributed by atoms with Crippen molar-refractivity contribution in [3.8, 4) is 5.75 Å². The molecule has 1 aromatic heterocycles. The van der Waals surface area contributed by atoms with Gasteiger partial charge in [0.1, 0.15) is 23.6 Å². The van der Waals surface area contributed by atoms with Crippen LogP contribution in [0.25, 0.3) is 0 Å². The van der Waals surface area contributed by atoms with Crippen molar-refractivity contribution < 1.29 is 40.8 Å². The number of nitrogens with one attached hydrogen (secondary N) is 1. The van der Waals surface area contributed by atoms with Gasteiger partial charge < -0.3 is 24.2 Å². The summed E-state index contributed by atoms with van der Waals surface area (Å²) in [5, 5.41) is 21.9. The van der Waals surface area contributed by atoms with Crippen molar-refractivity contribution in [1.82, 2.24) is 9.55 Å². The van der Waals surface area contributed by atoms with Gasteiger partial charge in [-0.3, -0.25) is 23.7 Å². The second kappa shape index (κ2) is 12.5. The van der Waals surface area contributed by atoms with E-state index in [1.807, 2.05) is 6.92 Å². The molecular weight excluding hydrogens is 523 g/mol. The van der Waals surface area contributed by atoms with E-state index in [1.54, 1.807) is 18.2 Å². The molecule has 11 nitrogen and oxygen atoms in total. The van der Waals surface area contributed by atoms with E-state index in [2.05, 4.69) is 4.98 Å². The Morgan fingerprint density at radius 1 is 1.38 bits per heavy atom. The Kier molecular flexibility index (Phi) is 8.85. The average molecular weight is 559 g/mol. The number of carbonyl (C=O) groups excluding carboxylic acids is 1. The zero-order valence-electron chi connectivity index (χ0n) is 22.7. The van der Waals surface area contributed by atoms with Gasteiger partial charge in [0.15, 0.2) is 11.0 Å². The van der Waals surface area contributed by atoms with Crippen LogP contribution >= 0.6 is 19.8 Å². The van der Waals surface area contributed by atoms with E-state index in [-0.39, 0.29) is 17.1 Å². The van der Waals surface area contributed by atoms with E-state index in [0.29, 0.717) is 6.42 Å². The topological polar surface area (TPSA) is 149 Å². The van der Waals surface area contributed by atoms with Crippen molar-refractivity contribution in [1.29, 1.82) is 0 Å². The molecule has 13 heteroatoms. The summed E-state index contributed by atoms with van der Waals surface area (Å²) in [5.74, 6) is -1.55. The second-order valence-corrected chi connectivity index (χ2v) is 11.3. The van der Waals surface area contributed by atoms with Gasteiger partial charge in [0.05, 0.1) is 28.0 Å². The summed E-state index contributed by atoms with van der Waals surface area (Å²) in [6.45, 7) is 1.75. The van der Waals surface area contributed by atoms with Crippen LogP contribution in [0.1, 0.15) is 42.6 Å². The molecule has 0 bridgehead atoms. The van der Waals surface area contributed by atoms with Crippen LogP contribution in [-0.2, 0) is 23.4 Å². The lowest BCUT2D eigenvalue weighted by atomic mass is 9.96. The maximum atomic E-state index is 14.0. The molecule has 0 aliphatic carbocycles. The Balaban J connectivity index is 1.89. The van der Waals surface area contributed by atoms with E-state index in [9.17, 15) is 24.4 Å². The van der Waals surface area contributed by atoms with Crippen molar-refractivity contribution >= 4 is 25.8 Å². The highest BCUT2D eigenvalue weighted by Gasteiger charge is 2.53. The molecule has 3 N–H and O–H groups in total. The summed E-state index contributed by atoms with van der Waals surface area (Å²) in [6.07, 6.45) is -3.09. The first kappa shape index (κ1) is 26.3. The molecule has 2 aromatic rings. The number of rotatable bonds is 12. The Hall–Kier alpha value is -2.34. The first-order chi connectivity index (χ1) is 18.2. The van der Waals surface area contributed by atoms with Gasteiger partial charge in [-0.25, -0.2) is 4.57 Å². The maximum Gasteiger partial charge on any atom is 0.380 e. The summed E-state index contributed by atoms with van der Waals surface area (Å²) in [6, 6.07) is 8.98. The zero-order valence-corrected chi connectivity index (χ0v) is 22.4. The highest BCUT2D eigenvalue weighted by atomic mass is 32.1. The number of nitrogens with zero attached hydrogens (tertiary/aromatic N) is 1. The van der Waals surface area contributed by atoms with Gasteiger partial charge in [-0.1, -0.05) is 38.5 Å². The molecule has 0 radical (unpaired) electrons. The number of hydrogen-bond acceptors (Lipinski definition) is 10. The number of H-pyrrole nitrogens is 1. The SMILES string of the molecule is [2H]C([2H])(OP(=O)(C[C@@H](C)C(=O)OCCCC)Oc1ccccc1)[C@H]1O[C@@H](n2ccc(=O)[nH]c2=S)C(C)(O)[C@H]1O. The summed E-state index contributed by atoms with van der Waals surface area (Å²) in [7, 11) is -4.46. The summed E-state index contributed by atoms with van der Waals surface area (Å²) in [5.41, 5.74) is -2.62. The van der Waals surface area contributed by atoms with E-state index < -0.39 is 61.8 Å². The Bertz CT molecular complexity index is 1300. The summed E-state index contributed by atoms with van der Waals surface area (Å²) in [4.78, 5) is 26.4. The van der Waals surface area contributed by atoms with Gasteiger partial charge in [-0.15, -0.1) is 0 Å². The minimum absolute atomic E-state index is 0.0977. The average Bonchev–Trinajstić information content (AvgIpc) is 3.08. The molecule has 1 aliphatic rings. The van der Waals surface area contributed by atoms with E-state index >= 15 is 0 Å². The van der Waals surface area contributed by atoms with Crippen molar-refractivity contribution in [3.63, 3.8) is 0 Å². The van der Waals surface area contributed by atoms with Crippen LogP contribution in [0.4, 0.5) is 0 Å². The van der Waals surface area contributed by atoms with Crippen LogP contribution in [0.5, 0.6) is 5.75 Å². The molecule has 2 heterocycles. The Labute approximate surface area is 222 Å². The highest BCUT2D eigenvalue weighted by Crippen LogP contribution is 2.51. The number of benzene rings is 1. The lowest BCUT2D eigenvalue weighted by Gasteiger charge is -2.28. The normalized spacial score (nSPS) is 27.0. The first-order valence-corrected chi connectivity index (χ1v) is 13.9. The third-order valence-electron chi connectivity index (χ3n) is 5.70. The molecule has 0 spiro atoms. The number of aliphatic hydroxyl groups is 2. The molecule has 204 valence electrons. The lowest BCUT2D eigenvalue weighted by Crippen LogP contribution is -2.44. The predicted molar refractivity (Wildman–Crippen MR) is 137 cm³/mol. The molecule has 2 unspecified atom stereocenters. The Morgan fingerprint density at radius 3 is 2.73 bits per heavy atom. The molecule has 1 saturated heterocycles. The van der Waals surface area contributed by atoms with Crippen LogP contribution in [-0.4, -0.2) is 62.9 Å². The molecule has 6 atom stereocenters. The molecular formula is C24H33N2O9PS. The number of aliphatic hydroxyl groups excluding tert-OH is 1. The minimum Gasteiger partial charge on any atom is -0.465 e. The molecule has 1 fully saturated rings. The number of carbonyl (C=O) groups is 1. The quantitative estimate of drug-likeness (QED) is 0.153. The van der Waals surface area contributed by atoms with E-state index in [4.69, 9.17) is 33.5 Å². The first-order valence-electron chi connectivity index (χ1n) is 12.8. The largest absolute Gasteiger partial charge is 0.465 e. The zero-order chi connectivity index (χ0) is 29.0. The standard InChI is InChI=1S/C24H33N2O9PS/c1-4-5-13-32-21(29)16(2)15-36(31,35-17-9-7-6-8-10-17)33-14-18-20(28)24(3,30)22(34-18)26-12-11-19(27)25-23(26)37/h6-12,16,18,20,22,28,30H,4-5,13-15H2,1-3H3,(H,25,27,37)/t16-,18-,20+,22-,24?,36?/m1/s1/i14D2. The van der Waals surface area contributed by atoms with Crippen molar-refractivity contribution in [2.45, 2.75) is 57.6 Å². The smallest absolute Gasteiger partial charge is 0.380 e. The van der Waals surface area contributed by atoms with Crippen LogP contribution < -0.4 is 10.1 Å². The number of aromatic nitrogens is 2. The number of hydrogen-bond donors (Lipinski definition) is 3. The number of aromatic amines is 1. The molecule has 3 rings (SSSR count). The third-order valence-corrected chi connectivity index (χ3v) is 7.88. The van der Waals surface area contributed by atoms with Crippen LogP contribution in [0, 0.1) is 10.7 Å². The van der Waals surface area contributed by atoms with Crippen molar-refractivity contribution in [2.75, 3.05) is 19.3 Å². The van der Waals surface area contributed by atoms with Crippen LogP contribution in [0.15, 0.2) is 47.4 Å². The fourth-order valence-electron chi connectivity index (χ4n) is 3.59. The van der Waals surface area contributed by atoms with Crippen LogP contribution in [0.3, 0.4) is 0 Å². The van der Waals surface area contributed by atoms with Crippen molar-refractivity contribution in [3.05, 3.63) is 57.7 Å². The fraction of sp³-hybridized carbons (Fsp3) is 0.542. The number of esters is 1. The molecule has 37 heavy (non-hydrogen) atoms. The lowest BCUT2D eigenvalue weighted by molar-refractivity contribution is -0.147. The van der Waals surface area contributed by atoms with Gasteiger partial charge in [-0.05, 0) is 37.7 Å². The number of para-hydroxylation sites is 1. The monoisotopic (exact) mass is 558 g/mol. The second-order valence-electron chi connectivity index (χ2n) is 8.93. The van der Waals surface area contributed by atoms with Gasteiger partial charge in [0.2, 0.25) is 0 Å². The number of unbranched alkanes of at least 4 members (excludes halogenated alkanes) is 1. The molecule has 1 aromatic carbocycles. The molecule has 0 amide bonds. The van der Waals surface area contributed by atoms with Gasteiger partial charge >= 0.3 is 13.6 Å². The fourth-order valence-corrected chi connectivity index (χ4v) is 5.56. The molecule has 1 aliphatic heterocycles. The van der Waals surface area contributed by atoms with E-state index in [1.165, 1.54) is 32.2 Å². The minimum atomic E-state index is -4.46. The summed E-state index contributed by atoms with van der Waals surface area (Å²) >= 11 is 5.12. The number of ether oxygens (including phenoxy) is 2. The molecule has 0 saturated carbocycles. The van der Waals surface area contributed by atoms with Gasteiger partial charge in [0, 0.05) is 12.3 Å². The third kappa shape index (κ3) is 7.37. The predicted octanol–water partition coefficient (Wildman–Crippen LogP) is 3.18. The van der Waals surface area contributed by atoms with Gasteiger partial charge in [0.25, 0.3) is 5.56 Å². The summed E-state index contributed by atoms with van der Waals surface area (Å²) < 4.78 is 54.0. The maximum absolute atomic E-state index is 14.0. The Morgan fingerprint density at radius 2 is 2.08 bits per heavy atom.